The van der Waals surface area contributed by atoms with Crippen LogP contribution in [-0.2, 0) is 17.6 Å². The average molecular weight is 401 g/mol. The molecule has 0 atom stereocenters. The zero-order valence-corrected chi connectivity index (χ0v) is 14.9. The first-order valence-corrected chi connectivity index (χ1v) is 7.45. The number of nitrogens with one attached hydrogen (secondary N) is 1. The predicted octanol–water partition coefficient (Wildman–Crippen LogP) is 3.09. The number of hydrogen-bond acceptors (Lipinski definition) is 2. The molecule has 2 aliphatic carbocycles. The monoisotopic (exact) mass is 401 g/mol. The number of guanidine groups is 1. The Hall–Kier alpha value is -0.820. The summed E-state index contributed by atoms with van der Waals surface area (Å²) in [5.41, 5.74) is 9.86. The fourth-order valence-corrected chi connectivity index (χ4v) is 3.06. The Morgan fingerprint density at radius 1 is 1.29 bits per heavy atom. The van der Waals surface area contributed by atoms with Crippen LogP contribution in [-0.4, -0.2) is 25.2 Å². The lowest BCUT2D eigenvalue weighted by atomic mass is 9.80. The van der Waals surface area contributed by atoms with Crippen molar-refractivity contribution >= 4 is 35.6 Å². The highest BCUT2D eigenvalue weighted by atomic mass is 127. The quantitative estimate of drug-likeness (QED) is 0.463. The molecule has 4 nitrogen and oxygen atoms in total. The van der Waals surface area contributed by atoms with Crippen molar-refractivity contribution in [1.82, 2.24) is 0 Å². The van der Waals surface area contributed by atoms with Crippen molar-refractivity contribution in [3.05, 3.63) is 29.3 Å². The molecule has 0 radical (unpaired) electrons. The van der Waals surface area contributed by atoms with Crippen molar-refractivity contribution < 1.29 is 4.74 Å². The Bertz CT molecular complexity index is 521. The van der Waals surface area contributed by atoms with E-state index >= 15 is 0 Å². The van der Waals surface area contributed by atoms with E-state index < -0.39 is 0 Å². The van der Waals surface area contributed by atoms with E-state index in [9.17, 15) is 0 Å². The minimum absolute atomic E-state index is 0. The smallest absolute Gasteiger partial charge is 0.193 e. The Balaban J connectivity index is 0.00000161. The van der Waals surface area contributed by atoms with Crippen LogP contribution in [0.25, 0.3) is 0 Å². The highest BCUT2D eigenvalue weighted by Crippen LogP contribution is 2.35. The van der Waals surface area contributed by atoms with Gasteiger partial charge in [0.2, 0.25) is 0 Å². The lowest BCUT2D eigenvalue weighted by molar-refractivity contribution is -0.0629. The highest BCUT2D eigenvalue weighted by molar-refractivity contribution is 14.0. The van der Waals surface area contributed by atoms with Gasteiger partial charge in [-0.05, 0) is 61.8 Å². The summed E-state index contributed by atoms with van der Waals surface area (Å²) in [4.78, 5) is 4.44. The number of methoxy groups -OCH3 is 1. The first-order valence-electron chi connectivity index (χ1n) is 7.45. The summed E-state index contributed by atoms with van der Waals surface area (Å²) in [6, 6.07) is 6.47. The molecule has 0 unspecified atom stereocenters. The van der Waals surface area contributed by atoms with Crippen LogP contribution in [0, 0.1) is 0 Å². The Morgan fingerprint density at radius 2 is 2.05 bits per heavy atom. The molecule has 0 amide bonds. The molecule has 21 heavy (non-hydrogen) atoms. The Morgan fingerprint density at radius 3 is 2.71 bits per heavy atom. The van der Waals surface area contributed by atoms with Crippen molar-refractivity contribution in [2.45, 2.75) is 44.1 Å². The van der Waals surface area contributed by atoms with Crippen LogP contribution in [0.2, 0.25) is 0 Å². The van der Waals surface area contributed by atoms with E-state index in [1.807, 2.05) is 0 Å². The molecule has 0 aliphatic heterocycles. The van der Waals surface area contributed by atoms with Gasteiger partial charge < -0.3 is 15.8 Å². The highest BCUT2D eigenvalue weighted by Gasteiger charge is 2.36. The molecular weight excluding hydrogens is 377 g/mol. The second-order valence-electron chi connectivity index (χ2n) is 5.90. The summed E-state index contributed by atoms with van der Waals surface area (Å²) in [5.74, 6) is 0.478. The lowest BCUT2D eigenvalue weighted by Crippen LogP contribution is -2.43. The molecule has 0 saturated heterocycles. The van der Waals surface area contributed by atoms with E-state index in [1.165, 1.54) is 36.8 Å². The summed E-state index contributed by atoms with van der Waals surface area (Å²) in [7, 11) is 1.76. The lowest BCUT2D eigenvalue weighted by Gasteiger charge is -2.39. The third-order valence-electron chi connectivity index (χ3n) is 4.61. The van der Waals surface area contributed by atoms with E-state index in [1.54, 1.807) is 7.11 Å². The van der Waals surface area contributed by atoms with Gasteiger partial charge in [0.05, 0.1) is 12.1 Å². The molecular formula is C16H24IN3O. The number of aliphatic imine (C=N–C) groups is 1. The van der Waals surface area contributed by atoms with Gasteiger partial charge in [0.1, 0.15) is 0 Å². The maximum atomic E-state index is 5.97. The maximum Gasteiger partial charge on any atom is 0.193 e. The number of benzene rings is 1. The van der Waals surface area contributed by atoms with Crippen LogP contribution >= 0.6 is 24.0 Å². The maximum absolute atomic E-state index is 5.97. The number of nitrogens with zero attached hydrogens (tertiary/aromatic N) is 1. The number of halogens is 1. The standard InChI is InChI=1S/C16H23N3O.HI/c1-20-16(8-3-9-16)11-18-15(17)19-14-7-6-12-4-2-5-13(12)10-14;/h6-7,10H,2-5,8-9,11H2,1H3,(H3,17,18,19);1H. The van der Waals surface area contributed by atoms with E-state index in [0.717, 1.165) is 18.5 Å². The molecule has 0 bridgehead atoms. The third-order valence-corrected chi connectivity index (χ3v) is 4.61. The fourth-order valence-electron chi connectivity index (χ4n) is 3.06. The van der Waals surface area contributed by atoms with Gasteiger partial charge in [-0.2, -0.15) is 0 Å². The van der Waals surface area contributed by atoms with Gasteiger partial charge in [0.15, 0.2) is 5.96 Å². The zero-order chi connectivity index (χ0) is 14.0. The number of nitrogens with two attached hydrogens (primary N) is 1. The minimum Gasteiger partial charge on any atom is -0.376 e. The summed E-state index contributed by atoms with van der Waals surface area (Å²) >= 11 is 0. The molecule has 2 aliphatic rings. The molecule has 1 aromatic rings. The van der Waals surface area contributed by atoms with E-state index in [0.29, 0.717) is 12.5 Å². The minimum atomic E-state index is -0.0652. The van der Waals surface area contributed by atoms with E-state index in [2.05, 4.69) is 28.5 Å². The molecule has 5 heteroatoms. The van der Waals surface area contributed by atoms with Crippen molar-refractivity contribution in [3.8, 4) is 0 Å². The van der Waals surface area contributed by atoms with Gasteiger partial charge in [-0.25, -0.2) is 0 Å². The van der Waals surface area contributed by atoms with Gasteiger partial charge in [-0.15, -0.1) is 24.0 Å². The summed E-state index contributed by atoms with van der Waals surface area (Å²) in [6.45, 7) is 0.646. The first-order chi connectivity index (χ1) is 9.71. The Labute approximate surface area is 143 Å². The van der Waals surface area contributed by atoms with Crippen molar-refractivity contribution in [3.63, 3.8) is 0 Å². The van der Waals surface area contributed by atoms with Crippen LogP contribution in [0.4, 0.5) is 5.69 Å². The average Bonchev–Trinajstić information content (AvgIpc) is 2.85. The van der Waals surface area contributed by atoms with Gasteiger partial charge in [0.25, 0.3) is 0 Å². The number of aryl methyl sites for hydroxylation is 2. The molecule has 0 heterocycles. The van der Waals surface area contributed by atoms with Gasteiger partial charge in [0, 0.05) is 12.8 Å². The number of hydrogen-bond donors (Lipinski definition) is 2. The Kier molecular flexibility index (Phi) is 5.48. The fraction of sp³-hybridized carbons (Fsp3) is 0.562. The van der Waals surface area contributed by atoms with Gasteiger partial charge >= 0.3 is 0 Å². The summed E-state index contributed by atoms with van der Waals surface area (Å²) in [5, 5.41) is 3.19. The summed E-state index contributed by atoms with van der Waals surface area (Å²) < 4.78 is 5.54. The molecule has 1 fully saturated rings. The second kappa shape index (κ2) is 6.96. The molecule has 1 aromatic carbocycles. The first kappa shape index (κ1) is 16.5. The van der Waals surface area contributed by atoms with Crippen molar-refractivity contribution in [2.24, 2.45) is 10.7 Å². The molecule has 0 spiro atoms. The largest absolute Gasteiger partial charge is 0.376 e. The van der Waals surface area contributed by atoms with Crippen LogP contribution in [0.5, 0.6) is 0 Å². The number of fused-ring (bicyclic) bond motifs is 1. The number of rotatable bonds is 4. The summed E-state index contributed by atoms with van der Waals surface area (Å²) in [6.07, 6.45) is 7.03. The van der Waals surface area contributed by atoms with Crippen molar-refractivity contribution in [1.29, 1.82) is 0 Å². The number of anilines is 1. The van der Waals surface area contributed by atoms with Gasteiger partial charge in [-0.1, -0.05) is 6.07 Å². The number of ether oxygens (including phenoxy) is 1. The zero-order valence-electron chi connectivity index (χ0n) is 12.5. The molecule has 1 saturated carbocycles. The van der Waals surface area contributed by atoms with Crippen LogP contribution in [0.1, 0.15) is 36.8 Å². The molecule has 116 valence electrons. The molecule has 0 aromatic heterocycles. The predicted molar refractivity (Wildman–Crippen MR) is 97.6 cm³/mol. The van der Waals surface area contributed by atoms with Crippen molar-refractivity contribution in [2.75, 3.05) is 19.0 Å². The molecule has 3 N–H and O–H groups in total. The normalized spacial score (nSPS) is 19.4. The third kappa shape index (κ3) is 3.69. The van der Waals surface area contributed by atoms with Crippen LogP contribution in [0.15, 0.2) is 23.2 Å². The SMILES string of the molecule is COC1(CN=C(N)Nc2ccc3c(c2)CCC3)CCC1.I. The topological polar surface area (TPSA) is 59.6 Å². The van der Waals surface area contributed by atoms with Crippen LogP contribution < -0.4 is 11.1 Å². The van der Waals surface area contributed by atoms with Crippen LogP contribution in [0.3, 0.4) is 0 Å². The second-order valence-corrected chi connectivity index (χ2v) is 5.90. The van der Waals surface area contributed by atoms with E-state index in [4.69, 9.17) is 10.5 Å². The van der Waals surface area contributed by atoms with Gasteiger partial charge in [-0.3, -0.25) is 4.99 Å². The molecule has 3 rings (SSSR count). The van der Waals surface area contributed by atoms with E-state index in [-0.39, 0.29) is 29.6 Å².